The zero-order valence-electron chi connectivity index (χ0n) is 18.9. The molecule has 0 bridgehead atoms. The van der Waals surface area contributed by atoms with Crippen molar-refractivity contribution in [3.8, 4) is 5.75 Å². The summed E-state index contributed by atoms with van der Waals surface area (Å²) in [5, 5.41) is 13.9. The van der Waals surface area contributed by atoms with Crippen LogP contribution in [0.3, 0.4) is 0 Å². The Hall–Kier alpha value is -3.92. The number of aryl methyl sites for hydroxylation is 2. The van der Waals surface area contributed by atoms with Crippen LogP contribution in [0.4, 0.5) is 11.4 Å². The van der Waals surface area contributed by atoms with Crippen molar-refractivity contribution in [2.24, 2.45) is 14.1 Å². The lowest BCUT2D eigenvalue weighted by Crippen LogP contribution is -2.20. The molecule has 4 rings (SSSR count). The monoisotopic (exact) mass is 522 g/mol. The summed E-state index contributed by atoms with van der Waals surface area (Å²) in [6.45, 7) is 2.16. The molecule has 0 fully saturated rings. The molecule has 2 heterocycles. The predicted octanol–water partition coefficient (Wildman–Crippen LogP) is 4.31. The van der Waals surface area contributed by atoms with Crippen molar-refractivity contribution >= 4 is 39.1 Å². The SMILES string of the molecule is Cc1c(NC(=O)c2c(NC(=O)c3cccc(COc4ccc(Br)cc4)c3)cnn2C)cnn1C. The van der Waals surface area contributed by atoms with Gasteiger partial charge in [0.1, 0.15) is 18.1 Å². The van der Waals surface area contributed by atoms with Crippen LogP contribution in [-0.4, -0.2) is 31.4 Å². The van der Waals surface area contributed by atoms with Crippen LogP contribution in [0.25, 0.3) is 0 Å². The Morgan fingerprint density at radius 2 is 1.62 bits per heavy atom. The molecule has 2 aromatic heterocycles. The van der Waals surface area contributed by atoms with Crippen LogP contribution in [0, 0.1) is 6.92 Å². The molecule has 0 aliphatic carbocycles. The van der Waals surface area contributed by atoms with Gasteiger partial charge in [-0.2, -0.15) is 10.2 Å². The van der Waals surface area contributed by atoms with Crippen molar-refractivity contribution in [2.75, 3.05) is 10.6 Å². The molecular formula is C24H23BrN6O3. The Bertz CT molecular complexity index is 1340. The summed E-state index contributed by atoms with van der Waals surface area (Å²) in [6, 6.07) is 14.7. The highest BCUT2D eigenvalue weighted by Gasteiger charge is 2.21. The fourth-order valence-electron chi connectivity index (χ4n) is 3.30. The number of amides is 2. The minimum Gasteiger partial charge on any atom is -0.489 e. The van der Waals surface area contributed by atoms with E-state index in [1.54, 1.807) is 43.2 Å². The third-order valence-corrected chi connectivity index (χ3v) is 5.82. The number of aromatic nitrogens is 4. The molecule has 2 aromatic carbocycles. The number of nitrogens with one attached hydrogen (secondary N) is 2. The van der Waals surface area contributed by atoms with Gasteiger partial charge in [0.05, 0.1) is 29.5 Å². The molecule has 9 nitrogen and oxygen atoms in total. The maximum Gasteiger partial charge on any atom is 0.276 e. The van der Waals surface area contributed by atoms with E-state index in [1.165, 1.54) is 10.9 Å². The zero-order chi connectivity index (χ0) is 24.2. The highest BCUT2D eigenvalue weighted by molar-refractivity contribution is 9.10. The van der Waals surface area contributed by atoms with Crippen LogP contribution in [0.1, 0.15) is 32.1 Å². The van der Waals surface area contributed by atoms with Crippen LogP contribution >= 0.6 is 15.9 Å². The molecule has 2 amide bonds. The van der Waals surface area contributed by atoms with E-state index < -0.39 is 5.91 Å². The van der Waals surface area contributed by atoms with Crippen LogP contribution < -0.4 is 15.4 Å². The molecule has 0 unspecified atom stereocenters. The summed E-state index contributed by atoms with van der Waals surface area (Å²) < 4.78 is 9.84. The first kappa shape index (κ1) is 23.2. The van der Waals surface area contributed by atoms with Crippen LogP contribution in [0.15, 0.2) is 65.4 Å². The number of carbonyl (C=O) groups excluding carboxylic acids is 2. The molecule has 34 heavy (non-hydrogen) atoms. The van der Waals surface area contributed by atoms with Gasteiger partial charge in [-0.1, -0.05) is 28.1 Å². The van der Waals surface area contributed by atoms with Crippen molar-refractivity contribution in [3.63, 3.8) is 0 Å². The summed E-state index contributed by atoms with van der Waals surface area (Å²) in [7, 11) is 3.43. The lowest BCUT2D eigenvalue weighted by atomic mass is 10.1. The van der Waals surface area contributed by atoms with Gasteiger partial charge in [-0.3, -0.25) is 19.0 Å². The second-order valence-corrected chi connectivity index (χ2v) is 8.56. The first-order valence-electron chi connectivity index (χ1n) is 10.4. The number of nitrogens with zero attached hydrogens (tertiary/aromatic N) is 4. The molecule has 0 saturated heterocycles. The first-order valence-corrected chi connectivity index (χ1v) is 11.2. The average molecular weight is 523 g/mol. The summed E-state index contributed by atoms with van der Waals surface area (Å²) in [4.78, 5) is 25.9. The van der Waals surface area contributed by atoms with Gasteiger partial charge >= 0.3 is 0 Å². The van der Waals surface area contributed by atoms with Gasteiger partial charge in [0.2, 0.25) is 0 Å². The third-order valence-electron chi connectivity index (χ3n) is 5.29. The minimum atomic E-state index is -0.400. The fourth-order valence-corrected chi connectivity index (χ4v) is 3.56. The molecule has 174 valence electrons. The number of hydrogen-bond donors (Lipinski definition) is 2. The highest BCUT2D eigenvalue weighted by atomic mass is 79.9. The number of anilines is 2. The van der Waals surface area contributed by atoms with E-state index in [1.807, 2.05) is 37.3 Å². The molecule has 0 saturated carbocycles. The van der Waals surface area contributed by atoms with E-state index >= 15 is 0 Å². The molecule has 0 aliphatic heterocycles. The van der Waals surface area contributed by atoms with Gasteiger partial charge in [0.25, 0.3) is 11.8 Å². The largest absolute Gasteiger partial charge is 0.489 e. The quantitative estimate of drug-likeness (QED) is 0.376. The van der Waals surface area contributed by atoms with Gasteiger partial charge in [-0.25, -0.2) is 0 Å². The number of rotatable bonds is 7. The molecule has 0 aliphatic rings. The standard InChI is InChI=1S/C24H23BrN6O3/c1-15-20(12-26-30(15)2)28-24(33)22-21(13-27-31(22)3)29-23(32)17-6-4-5-16(11-17)14-34-19-9-7-18(25)8-10-19/h4-13H,14H2,1-3H3,(H,28,33)(H,29,32). The molecule has 10 heteroatoms. The van der Waals surface area contributed by atoms with E-state index in [0.717, 1.165) is 21.5 Å². The molecule has 4 aromatic rings. The van der Waals surface area contributed by atoms with Crippen molar-refractivity contribution in [1.82, 2.24) is 19.6 Å². The molecule has 2 N–H and O–H groups in total. The Morgan fingerprint density at radius 1 is 0.941 bits per heavy atom. The lowest BCUT2D eigenvalue weighted by Gasteiger charge is -2.10. The molecule has 0 atom stereocenters. The van der Waals surface area contributed by atoms with Crippen LogP contribution in [0.2, 0.25) is 0 Å². The normalized spacial score (nSPS) is 10.7. The van der Waals surface area contributed by atoms with Gasteiger partial charge in [-0.05, 0) is 48.9 Å². The van der Waals surface area contributed by atoms with Crippen molar-refractivity contribution in [3.05, 3.63) is 87.9 Å². The summed E-state index contributed by atoms with van der Waals surface area (Å²) in [5.41, 5.74) is 3.21. The smallest absolute Gasteiger partial charge is 0.276 e. The first-order chi connectivity index (χ1) is 16.3. The number of carbonyl (C=O) groups is 2. The lowest BCUT2D eigenvalue weighted by molar-refractivity contribution is 0.101. The van der Waals surface area contributed by atoms with E-state index in [2.05, 4.69) is 36.8 Å². The maximum absolute atomic E-state index is 12.9. The minimum absolute atomic E-state index is 0.228. The zero-order valence-corrected chi connectivity index (χ0v) is 20.5. The topological polar surface area (TPSA) is 103 Å². The van der Waals surface area contributed by atoms with Crippen LogP contribution in [0.5, 0.6) is 5.75 Å². The summed E-state index contributed by atoms with van der Waals surface area (Å²) in [6.07, 6.45) is 3.02. The number of ether oxygens (including phenoxy) is 1. The molecule has 0 radical (unpaired) electrons. The van der Waals surface area contributed by atoms with Crippen LogP contribution in [-0.2, 0) is 20.7 Å². The predicted molar refractivity (Wildman–Crippen MR) is 132 cm³/mol. The van der Waals surface area contributed by atoms with E-state index in [0.29, 0.717) is 23.5 Å². The van der Waals surface area contributed by atoms with E-state index in [4.69, 9.17) is 4.74 Å². The van der Waals surface area contributed by atoms with Gasteiger partial charge < -0.3 is 15.4 Å². The van der Waals surface area contributed by atoms with E-state index in [-0.39, 0.29) is 11.6 Å². The highest BCUT2D eigenvalue weighted by Crippen LogP contribution is 2.21. The van der Waals surface area contributed by atoms with Crippen molar-refractivity contribution in [2.45, 2.75) is 13.5 Å². The Balaban J connectivity index is 1.46. The molecular weight excluding hydrogens is 500 g/mol. The van der Waals surface area contributed by atoms with Gasteiger partial charge in [0, 0.05) is 24.1 Å². The second-order valence-electron chi connectivity index (χ2n) is 7.65. The number of hydrogen-bond acceptors (Lipinski definition) is 5. The Kier molecular flexibility index (Phi) is 6.78. The Labute approximate surface area is 204 Å². The number of halogens is 1. The average Bonchev–Trinajstić information content (AvgIpc) is 3.35. The second kappa shape index (κ2) is 9.92. The van der Waals surface area contributed by atoms with Gasteiger partial charge in [0.15, 0.2) is 0 Å². The fraction of sp³-hybridized carbons (Fsp3) is 0.167. The third kappa shape index (κ3) is 5.18. The summed E-state index contributed by atoms with van der Waals surface area (Å²) >= 11 is 3.40. The Morgan fingerprint density at radius 3 is 2.32 bits per heavy atom. The van der Waals surface area contributed by atoms with Crippen molar-refractivity contribution in [1.29, 1.82) is 0 Å². The van der Waals surface area contributed by atoms with E-state index in [9.17, 15) is 9.59 Å². The van der Waals surface area contributed by atoms with Gasteiger partial charge in [-0.15, -0.1) is 0 Å². The van der Waals surface area contributed by atoms with Crippen molar-refractivity contribution < 1.29 is 14.3 Å². The number of benzene rings is 2. The maximum atomic E-state index is 12.9. The molecule has 0 spiro atoms. The summed E-state index contributed by atoms with van der Waals surface area (Å²) in [5.74, 6) is -0.0268.